The quantitative estimate of drug-likeness (QED) is 0.432. The van der Waals surface area contributed by atoms with Crippen molar-refractivity contribution in [3.63, 3.8) is 0 Å². The topological polar surface area (TPSA) is 71.1 Å². The fourth-order valence-electron chi connectivity index (χ4n) is 5.81. The van der Waals surface area contributed by atoms with Crippen molar-refractivity contribution >= 4 is 17.7 Å². The van der Waals surface area contributed by atoms with Crippen LogP contribution in [0, 0.1) is 0 Å². The van der Waals surface area contributed by atoms with E-state index in [-0.39, 0.29) is 36.7 Å². The van der Waals surface area contributed by atoms with Gasteiger partial charge in [0, 0.05) is 43.3 Å². The van der Waals surface area contributed by atoms with Crippen LogP contribution in [0.5, 0.6) is 5.75 Å². The summed E-state index contributed by atoms with van der Waals surface area (Å²) in [5.74, 6) is 0.935. The highest BCUT2D eigenvalue weighted by molar-refractivity contribution is 5.96. The predicted molar refractivity (Wildman–Crippen MR) is 152 cm³/mol. The van der Waals surface area contributed by atoms with Gasteiger partial charge in [0.05, 0.1) is 13.2 Å². The Labute approximate surface area is 230 Å². The number of rotatable bonds is 7. The second kappa shape index (κ2) is 11.9. The molecule has 0 aliphatic carbocycles. The van der Waals surface area contributed by atoms with E-state index in [1.54, 1.807) is 12.0 Å². The summed E-state index contributed by atoms with van der Waals surface area (Å²) in [5, 5.41) is 3.74. The monoisotopic (exact) mass is 527 g/mol. The first kappa shape index (κ1) is 26.8. The zero-order valence-electron chi connectivity index (χ0n) is 22.9. The van der Waals surface area contributed by atoms with Gasteiger partial charge in [0.1, 0.15) is 12.4 Å². The number of nitrogens with zero attached hydrogens (tertiary/aromatic N) is 2. The highest BCUT2D eigenvalue weighted by atomic mass is 16.6. The van der Waals surface area contributed by atoms with Crippen molar-refractivity contribution in [2.24, 2.45) is 0 Å². The van der Waals surface area contributed by atoms with Crippen molar-refractivity contribution in [2.75, 3.05) is 19.1 Å². The molecule has 2 heterocycles. The van der Waals surface area contributed by atoms with Crippen LogP contribution < -0.4 is 15.0 Å². The molecular weight excluding hydrogens is 490 g/mol. The molecule has 0 aromatic heterocycles. The van der Waals surface area contributed by atoms with Crippen molar-refractivity contribution in [1.29, 1.82) is 0 Å². The van der Waals surface area contributed by atoms with Gasteiger partial charge in [-0.3, -0.25) is 9.69 Å². The van der Waals surface area contributed by atoms with Gasteiger partial charge >= 0.3 is 6.09 Å². The van der Waals surface area contributed by atoms with Crippen LogP contribution in [0.25, 0.3) is 0 Å². The summed E-state index contributed by atoms with van der Waals surface area (Å²) >= 11 is 0. The lowest BCUT2D eigenvalue weighted by Gasteiger charge is -2.45. The summed E-state index contributed by atoms with van der Waals surface area (Å²) < 4.78 is 11.6. The van der Waals surface area contributed by atoms with Crippen LogP contribution in [0.1, 0.15) is 54.5 Å². The molecule has 0 bridgehead atoms. The van der Waals surface area contributed by atoms with Crippen molar-refractivity contribution in [3.05, 3.63) is 95.1 Å². The molecular formula is C32H37N3O4. The van der Waals surface area contributed by atoms with E-state index in [0.717, 1.165) is 53.0 Å². The van der Waals surface area contributed by atoms with E-state index in [1.165, 1.54) is 0 Å². The summed E-state index contributed by atoms with van der Waals surface area (Å²) in [5.41, 5.74) is 5.08. The van der Waals surface area contributed by atoms with E-state index in [2.05, 4.69) is 36.5 Å². The third kappa shape index (κ3) is 5.78. The molecule has 0 radical (unpaired) electrons. The summed E-state index contributed by atoms with van der Waals surface area (Å²) in [6.07, 6.45) is 2.70. The van der Waals surface area contributed by atoms with Crippen LogP contribution in [0.3, 0.4) is 0 Å². The molecule has 2 aliphatic heterocycles. The van der Waals surface area contributed by atoms with E-state index < -0.39 is 0 Å². The number of nitrogens with one attached hydrogen (secondary N) is 1. The van der Waals surface area contributed by atoms with Gasteiger partial charge in [-0.1, -0.05) is 60.7 Å². The van der Waals surface area contributed by atoms with Gasteiger partial charge < -0.3 is 19.7 Å². The molecule has 3 aromatic rings. The first-order valence-corrected chi connectivity index (χ1v) is 13.7. The zero-order valence-corrected chi connectivity index (χ0v) is 22.9. The van der Waals surface area contributed by atoms with Gasteiger partial charge in [-0.05, 0) is 55.0 Å². The summed E-state index contributed by atoms with van der Waals surface area (Å²) in [6.45, 7) is 2.88. The number of amides is 2. The molecule has 1 fully saturated rings. The molecule has 3 atom stereocenters. The SMILES string of the molecule is COc1cc2c(cc1CNC1CCC(C)N(C(=O)OCc3ccccc3)C1c1ccccc1)N(C)C(=O)CC2. The number of carbonyl (C=O) groups is 2. The first-order chi connectivity index (χ1) is 19.0. The minimum atomic E-state index is -0.307. The van der Waals surface area contributed by atoms with E-state index in [1.807, 2.05) is 60.5 Å². The van der Waals surface area contributed by atoms with Gasteiger partial charge in [-0.2, -0.15) is 0 Å². The highest BCUT2D eigenvalue weighted by Gasteiger charge is 2.40. The van der Waals surface area contributed by atoms with Gasteiger partial charge in [0.2, 0.25) is 5.91 Å². The largest absolute Gasteiger partial charge is 0.496 e. The normalized spacial score (nSPS) is 20.9. The van der Waals surface area contributed by atoms with E-state index >= 15 is 0 Å². The van der Waals surface area contributed by atoms with E-state index in [0.29, 0.717) is 13.0 Å². The van der Waals surface area contributed by atoms with Crippen LogP contribution in [0.4, 0.5) is 10.5 Å². The smallest absolute Gasteiger partial charge is 0.410 e. The molecule has 5 rings (SSSR count). The minimum absolute atomic E-state index is 0.00738. The lowest BCUT2D eigenvalue weighted by atomic mass is 9.87. The zero-order chi connectivity index (χ0) is 27.4. The van der Waals surface area contributed by atoms with E-state index in [9.17, 15) is 9.59 Å². The number of likely N-dealkylation sites (tertiary alicyclic amines) is 1. The third-order valence-corrected chi connectivity index (χ3v) is 7.99. The van der Waals surface area contributed by atoms with Crippen molar-refractivity contribution in [2.45, 2.75) is 63.9 Å². The first-order valence-electron chi connectivity index (χ1n) is 13.7. The Morgan fingerprint density at radius 2 is 1.72 bits per heavy atom. The number of hydrogen-bond acceptors (Lipinski definition) is 5. The Morgan fingerprint density at radius 3 is 2.44 bits per heavy atom. The van der Waals surface area contributed by atoms with Crippen LogP contribution >= 0.6 is 0 Å². The van der Waals surface area contributed by atoms with Gasteiger partial charge in [0.25, 0.3) is 0 Å². The Balaban J connectivity index is 1.39. The number of methoxy groups -OCH3 is 1. The molecule has 39 heavy (non-hydrogen) atoms. The van der Waals surface area contributed by atoms with Crippen LogP contribution in [-0.4, -0.2) is 43.1 Å². The molecule has 1 N–H and O–H groups in total. The number of hydrogen-bond donors (Lipinski definition) is 1. The Bertz CT molecular complexity index is 1300. The molecule has 204 valence electrons. The minimum Gasteiger partial charge on any atom is -0.496 e. The number of carbonyl (C=O) groups excluding carboxylic acids is 2. The maximum Gasteiger partial charge on any atom is 0.410 e. The number of anilines is 1. The van der Waals surface area contributed by atoms with Gasteiger partial charge in [-0.15, -0.1) is 0 Å². The number of ether oxygens (including phenoxy) is 2. The fourth-order valence-corrected chi connectivity index (χ4v) is 5.81. The number of benzene rings is 3. The molecule has 1 saturated heterocycles. The highest BCUT2D eigenvalue weighted by Crippen LogP contribution is 2.37. The second-order valence-electron chi connectivity index (χ2n) is 10.5. The average molecular weight is 528 g/mol. The number of piperidine rings is 1. The van der Waals surface area contributed by atoms with Crippen LogP contribution in [-0.2, 0) is 29.1 Å². The lowest BCUT2D eigenvalue weighted by Crippen LogP contribution is -2.54. The summed E-state index contributed by atoms with van der Waals surface area (Å²) in [7, 11) is 3.51. The van der Waals surface area contributed by atoms with Crippen LogP contribution in [0.15, 0.2) is 72.8 Å². The maximum atomic E-state index is 13.5. The average Bonchev–Trinajstić information content (AvgIpc) is 2.97. The number of fused-ring (bicyclic) bond motifs is 1. The molecule has 7 heteroatoms. The molecule has 3 aromatic carbocycles. The van der Waals surface area contributed by atoms with Gasteiger partial charge in [0.15, 0.2) is 0 Å². The molecule has 0 spiro atoms. The molecule has 0 saturated carbocycles. The van der Waals surface area contributed by atoms with Crippen LogP contribution in [0.2, 0.25) is 0 Å². The Morgan fingerprint density at radius 1 is 1.00 bits per heavy atom. The Hall–Kier alpha value is -3.84. The van der Waals surface area contributed by atoms with Gasteiger partial charge in [-0.25, -0.2) is 4.79 Å². The third-order valence-electron chi connectivity index (χ3n) is 7.99. The van der Waals surface area contributed by atoms with Crippen molar-refractivity contribution < 1.29 is 19.1 Å². The van der Waals surface area contributed by atoms with E-state index in [4.69, 9.17) is 9.47 Å². The fraction of sp³-hybridized carbons (Fsp3) is 0.375. The van der Waals surface area contributed by atoms with Crippen molar-refractivity contribution in [1.82, 2.24) is 10.2 Å². The molecule has 2 aliphatic rings. The molecule has 2 amide bonds. The summed E-state index contributed by atoms with van der Waals surface area (Å²) in [6, 6.07) is 23.9. The molecule has 3 unspecified atom stereocenters. The predicted octanol–water partition coefficient (Wildman–Crippen LogP) is 5.62. The van der Waals surface area contributed by atoms with Crippen molar-refractivity contribution in [3.8, 4) is 5.75 Å². The molecule has 7 nitrogen and oxygen atoms in total. The second-order valence-corrected chi connectivity index (χ2v) is 10.5. The maximum absolute atomic E-state index is 13.5. The number of aryl methyl sites for hydroxylation is 1. The standard InChI is InChI=1S/C32H37N3O4/c1-22-14-16-27(33-20-26-18-28-25(19-29(26)38-3)15-17-30(36)34(28)2)31(24-12-8-5-9-13-24)35(22)32(37)39-21-23-10-6-4-7-11-23/h4-13,18-19,22,27,31,33H,14-17,20-21H2,1-3H3. The lowest BCUT2D eigenvalue weighted by molar-refractivity contribution is -0.118. The summed E-state index contributed by atoms with van der Waals surface area (Å²) in [4.78, 5) is 29.5. The Kier molecular flexibility index (Phi) is 8.17.